The molecule has 0 aliphatic carbocycles. The highest BCUT2D eigenvalue weighted by atomic mass is 16.2. The first-order valence-corrected chi connectivity index (χ1v) is 9.52. The second kappa shape index (κ2) is 8.62. The van der Waals surface area contributed by atoms with E-state index in [1.807, 2.05) is 32.9 Å². The molecule has 0 atom stereocenters. The lowest BCUT2D eigenvalue weighted by atomic mass is 9.85. The summed E-state index contributed by atoms with van der Waals surface area (Å²) in [5.74, 6) is 2.20. The minimum atomic E-state index is -0.475. The Bertz CT molecular complexity index is 1130. The minimum absolute atomic E-state index is 0.269. The number of hydrogen-bond donors (Lipinski definition) is 2. The molecule has 5 nitrogen and oxygen atoms in total. The van der Waals surface area contributed by atoms with Crippen LogP contribution in [0, 0.1) is 19.3 Å². The summed E-state index contributed by atoms with van der Waals surface area (Å²) in [5, 5.41) is 5.67. The van der Waals surface area contributed by atoms with E-state index < -0.39 is 5.41 Å². The van der Waals surface area contributed by atoms with Crippen LogP contribution in [0.2, 0.25) is 0 Å². The van der Waals surface area contributed by atoms with Crippen LogP contribution in [0.4, 0.5) is 11.4 Å². The van der Waals surface area contributed by atoms with Crippen LogP contribution in [0.1, 0.15) is 45.7 Å². The van der Waals surface area contributed by atoms with Crippen molar-refractivity contribution in [1.82, 2.24) is 4.98 Å². The lowest BCUT2D eigenvalue weighted by molar-refractivity contribution is 0.101. The fraction of sp³-hybridized carbons (Fsp3) is 0.160. The molecule has 0 saturated carbocycles. The number of benzene rings is 2. The molecule has 0 unspecified atom stereocenters. The molecule has 1 heterocycles. The molecule has 2 N–H and O–H groups in total. The third kappa shape index (κ3) is 4.73. The number of aryl methyl sites for hydroxylation is 1. The number of carbonyl (C=O) groups is 2. The Labute approximate surface area is 176 Å². The molecular weight excluding hydrogens is 374 g/mol. The second-order valence-corrected chi connectivity index (χ2v) is 7.53. The lowest BCUT2D eigenvalue weighted by Gasteiger charge is -2.18. The molecule has 0 fully saturated rings. The Morgan fingerprint density at radius 2 is 1.73 bits per heavy atom. The molecule has 1 aromatic heterocycles. The molecule has 30 heavy (non-hydrogen) atoms. The molecule has 0 spiro atoms. The normalized spacial score (nSPS) is 10.7. The maximum atomic E-state index is 12.8. The summed E-state index contributed by atoms with van der Waals surface area (Å²) in [6, 6.07) is 16.0. The van der Waals surface area contributed by atoms with Crippen molar-refractivity contribution < 1.29 is 9.59 Å². The van der Waals surface area contributed by atoms with Crippen molar-refractivity contribution in [2.24, 2.45) is 0 Å². The quantitative estimate of drug-likeness (QED) is 0.607. The average Bonchev–Trinajstić information content (AvgIpc) is 2.75. The van der Waals surface area contributed by atoms with E-state index in [1.165, 1.54) is 0 Å². The molecule has 0 saturated heterocycles. The SMILES string of the molecule is C#CC(C)(C)c1cccc(C(=O)Nc2ccc(C)c(C(=O)Nc3cccnc3)c2)c1. The number of amides is 2. The summed E-state index contributed by atoms with van der Waals surface area (Å²) in [5.41, 5.74) is 3.31. The third-order valence-electron chi connectivity index (χ3n) is 4.87. The van der Waals surface area contributed by atoms with Gasteiger partial charge in [0.2, 0.25) is 0 Å². The predicted octanol–water partition coefficient (Wildman–Crippen LogP) is 4.81. The summed E-state index contributed by atoms with van der Waals surface area (Å²) in [6.45, 7) is 5.70. The zero-order chi connectivity index (χ0) is 21.7. The van der Waals surface area contributed by atoms with Gasteiger partial charge in [-0.3, -0.25) is 14.6 Å². The zero-order valence-corrected chi connectivity index (χ0v) is 17.2. The van der Waals surface area contributed by atoms with E-state index in [0.29, 0.717) is 22.5 Å². The van der Waals surface area contributed by atoms with Gasteiger partial charge in [-0.25, -0.2) is 0 Å². The molecular formula is C25H23N3O2. The molecule has 0 aliphatic heterocycles. The van der Waals surface area contributed by atoms with Crippen molar-refractivity contribution in [3.05, 3.63) is 89.2 Å². The monoisotopic (exact) mass is 397 g/mol. The fourth-order valence-corrected chi connectivity index (χ4v) is 2.92. The van der Waals surface area contributed by atoms with Crippen molar-refractivity contribution in [2.75, 3.05) is 10.6 Å². The summed E-state index contributed by atoms with van der Waals surface area (Å²) in [7, 11) is 0. The Kier molecular flexibility index (Phi) is 5.98. The van der Waals surface area contributed by atoms with E-state index in [9.17, 15) is 9.59 Å². The van der Waals surface area contributed by atoms with Crippen LogP contribution in [0.25, 0.3) is 0 Å². The summed E-state index contributed by atoms with van der Waals surface area (Å²) in [4.78, 5) is 29.4. The smallest absolute Gasteiger partial charge is 0.256 e. The van der Waals surface area contributed by atoms with Gasteiger partial charge in [-0.05, 0) is 68.3 Å². The Morgan fingerprint density at radius 1 is 0.967 bits per heavy atom. The number of anilines is 2. The van der Waals surface area contributed by atoms with Gasteiger partial charge in [0.15, 0.2) is 0 Å². The first kappa shape index (κ1) is 20.8. The van der Waals surface area contributed by atoms with Gasteiger partial charge in [-0.1, -0.05) is 24.1 Å². The van der Waals surface area contributed by atoms with E-state index in [1.54, 1.807) is 54.9 Å². The third-order valence-corrected chi connectivity index (χ3v) is 4.87. The highest BCUT2D eigenvalue weighted by Gasteiger charge is 2.19. The van der Waals surface area contributed by atoms with Crippen molar-refractivity contribution in [2.45, 2.75) is 26.2 Å². The average molecular weight is 397 g/mol. The van der Waals surface area contributed by atoms with E-state index in [4.69, 9.17) is 6.42 Å². The van der Waals surface area contributed by atoms with E-state index >= 15 is 0 Å². The van der Waals surface area contributed by atoms with Crippen LogP contribution in [-0.2, 0) is 5.41 Å². The molecule has 0 aliphatic rings. The van der Waals surface area contributed by atoms with Crippen molar-refractivity contribution in [3.8, 4) is 12.3 Å². The van der Waals surface area contributed by atoms with Crippen molar-refractivity contribution in [3.63, 3.8) is 0 Å². The van der Waals surface area contributed by atoms with Gasteiger partial charge in [0.25, 0.3) is 11.8 Å². The number of terminal acetylenes is 1. The van der Waals surface area contributed by atoms with E-state index in [-0.39, 0.29) is 11.8 Å². The fourth-order valence-electron chi connectivity index (χ4n) is 2.92. The number of nitrogens with one attached hydrogen (secondary N) is 2. The van der Waals surface area contributed by atoms with Crippen LogP contribution in [-0.4, -0.2) is 16.8 Å². The van der Waals surface area contributed by atoms with Crippen molar-refractivity contribution in [1.29, 1.82) is 0 Å². The number of rotatable bonds is 5. The molecule has 5 heteroatoms. The largest absolute Gasteiger partial charge is 0.322 e. The van der Waals surface area contributed by atoms with Gasteiger partial charge in [-0.2, -0.15) is 0 Å². The predicted molar refractivity (Wildman–Crippen MR) is 120 cm³/mol. The van der Waals surface area contributed by atoms with Crippen molar-refractivity contribution >= 4 is 23.2 Å². The maximum Gasteiger partial charge on any atom is 0.256 e. The standard InChI is InChI=1S/C25H23N3O2/c1-5-25(3,4)19-9-6-8-18(14-19)23(29)27-20-12-11-17(2)22(15-20)24(30)28-21-10-7-13-26-16-21/h1,6-16H,2-4H3,(H,27,29)(H,28,30). The molecule has 2 amide bonds. The summed E-state index contributed by atoms with van der Waals surface area (Å²) in [6.07, 6.45) is 8.82. The Hall–Kier alpha value is -3.91. The number of carbonyl (C=O) groups excluding carboxylic acids is 2. The number of nitrogens with zero attached hydrogens (tertiary/aromatic N) is 1. The van der Waals surface area contributed by atoms with Gasteiger partial charge in [0.05, 0.1) is 17.3 Å². The topological polar surface area (TPSA) is 71.1 Å². The van der Waals surface area contributed by atoms with E-state index in [0.717, 1.165) is 11.1 Å². The molecule has 0 bridgehead atoms. The van der Waals surface area contributed by atoms with Crippen LogP contribution < -0.4 is 10.6 Å². The highest BCUT2D eigenvalue weighted by molar-refractivity contribution is 6.08. The Balaban J connectivity index is 1.80. The summed E-state index contributed by atoms with van der Waals surface area (Å²) < 4.78 is 0. The molecule has 3 aromatic rings. The van der Waals surface area contributed by atoms with Gasteiger partial charge in [-0.15, -0.1) is 6.42 Å². The second-order valence-electron chi connectivity index (χ2n) is 7.53. The maximum absolute atomic E-state index is 12.8. The van der Waals surface area contributed by atoms with E-state index in [2.05, 4.69) is 21.5 Å². The highest BCUT2D eigenvalue weighted by Crippen LogP contribution is 2.24. The van der Waals surface area contributed by atoms with Gasteiger partial charge in [0.1, 0.15) is 0 Å². The van der Waals surface area contributed by atoms with Crippen LogP contribution in [0.3, 0.4) is 0 Å². The minimum Gasteiger partial charge on any atom is -0.322 e. The van der Waals surface area contributed by atoms with Crippen LogP contribution in [0.5, 0.6) is 0 Å². The molecule has 0 radical (unpaired) electrons. The lowest BCUT2D eigenvalue weighted by Crippen LogP contribution is -2.18. The van der Waals surface area contributed by atoms with Gasteiger partial charge in [0, 0.05) is 23.0 Å². The molecule has 3 rings (SSSR count). The van der Waals surface area contributed by atoms with Crippen LogP contribution in [0.15, 0.2) is 67.0 Å². The van der Waals surface area contributed by atoms with Crippen LogP contribution >= 0.6 is 0 Å². The first-order chi connectivity index (χ1) is 14.3. The Morgan fingerprint density at radius 3 is 2.43 bits per heavy atom. The zero-order valence-electron chi connectivity index (χ0n) is 17.2. The number of pyridine rings is 1. The van der Waals surface area contributed by atoms with Gasteiger partial charge < -0.3 is 10.6 Å². The first-order valence-electron chi connectivity index (χ1n) is 9.52. The number of aromatic nitrogens is 1. The molecule has 2 aromatic carbocycles. The summed E-state index contributed by atoms with van der Waals surface area (Å²) >= 11 is 0. The van der Waals surface area contributed by atoms with Gasteiger partial charge >= 0.3 is 0 Å². The number of hydrogen-bond acceptors (Lipinski definition) is 3. The molecule has 150 valence electrons.